The lowest BCUT2D eigenvalue weighted by Gasteiger charge is -2.13. The Morgan fingerprint density at radius 3 is 2.80 bits per heavy atom. The van der Waals surface area contributed by atoms with Crippen molar-refractivity contribution in [2.24, 2.45) is 5.73 Å². The van der Waals surface area contributed by atoms with Crippen LogP contribution in [0.25, 0.3) is 0 Å². The molecule has 0 radical (unpaired) electrons. The van der Waals surface area contributed by atoms with Gasteiger partial charge in [-0.15, -0.1) is 12.4 Å². The number of carbonyl (C=O) groups excluding carboxylic acids is 1. The number of hydrogen-bond acceptors (Lipinski definition) is 4. The van der Waals surface area contributed by atoms with Gasteiger partial charge in [-0.2, -0.15) is 0 Å². The van der Waals surface area contributed by atoms with Gasteiger partial charge in [0.2, 0.25) is 5.91 Å². The highest BCUT2D eigenvalue weighted by Crippen LogP contribution is 2.13. The van der Waals surface area contributed by atoms with Crippen LogP contribution in [0.3, 0.4) is 0 Å². The van der Waals surface area contributed by atoms with E-state index in [9.17, 15) is 4.79 Å². The largest absolute Gasteiger partial charge is 0.494 e. The van der Waals surface area contributed by atoms with Crippen molar-refractivity contribution >= 4 is 18.3 Å². The minimum Gasteiger partial charge on any atom is -0.494 e. The molecule has 1 atom stereocenters. The fourth-order valence-corrected chi connectivity index (χ4v) is 1.65. The van der Waals surface area contributed by atoms with E-state index in [2.05, 4.69) is 5.32 Å². The Morgan fingerprint density at radius 1 is 1.45 bits per heavy atom. The molecule has 5 nitrogen and oxygen atoms in total. The van der Waals surface area contributed by atoms with Gasteiger partial charge in [0.1, 0.15) is 5.75 Å². The van der Waals surface area contributed by atoms with Gasteiger partial charge < -0.3 is 20.5 Å². The Kier molecular flexibility index (Phi) is 9.80. The molecule has 114 valence electrons. The SMILES string of the molecule is CCOc1cccc(CNC(=O)CC(CN)OC)c1.Cl. The molecule has 0 aliphatic heterocycles. The predicted octanol–water partition coefficient (Wildman–Crippen LogP) is 1.49. The minimum atomic E-state index is -0.227. The number of amides is 1. The van der Waals surface area contributed by atoms with E-state index in [1.807, 2.05) is 31.2 Å². The summed E-state index contributed by atoms with van der Waals surface area (Å²) in [6.45, 7) is 3.37. The third-order valence-corrected chi connectivity index (χ3v) is 2.71. The maximum atomic E-state index is 11.7. The van der Waals surface area contributed by atoms with Gasteiger partial charge >= 0.3 is 0 Å². The van der Waals surface area contributed by atoms with Gasteiger partial charge in [-0.3, -0.25) is 4.79 Å². The van der Waals surface area contributed by atoms with E-state index < -0.39 is 0 Å². The molecule has 0 bridgehead atoms. The summed E-state index contributed by atoms with van der Waals surface area (Å²) in [7, 11) is 1.55. The van der Waals surface area contributed by atoms with Gasteiger partial charge in [-0.1, -0.05) is 12.1 Å². The van der Waals surface area contributed by atoms with Gasteiger partial charge in [0, 0.05) is 20.2 Å². The number of nitrogens with one attached hydrogen (secondary N) is 1. The second-order valence-electron chi connectivity index (χ2n) is 4.15. The van der Waals surface area contributed by atoms with Crippen molar-refractivity contribution in [1.29, 1.82) is 0 Å². The summed E-state index contributed by atoms with van der Waals surface area (Å²) in [5.74, 6) is 0.741. The van der Waals surface area contributed by atoms with E-state index in [1.54, 1.807) is 7.11 Å². The monoisotopic (exact) mass is 302 g/mol. The number of ether oxygens (including phenoxy) is 2. The maximum Gasteiger partial charge on any atom is 0.222 e. The van der Waals surface area contributed by atoms with Crippen molar-refractivity contribution in [2.45, 2.75) is 26.0 Å². The lowest BCUT2D eigenvalue weighted by molar-refractivity contribution is -0.123. The lowest BCUT2D eigenvalue weighted by atomic mass is 10.2. The summed E-state index contributed by atoms with van der Waals surface area (Å²) < 4.78 is 10.5. The molecule has 0 heterocycles. The standard InChI is InChI=1S/C14H22N2O3.ClH/c1-3-19-12-6-4-5-11(7-12)10-16-14(17)8-13(9-15)18-2;/h4-7,13H,3,8-10,15H2,1-2H3,(H,16,17);1H. The first-order valence-corrected chi connectivity index (χ1v) is 6.40. The summed E-state index contributed by atoms with van der Waals surface area (Å²) in [5.41, 5.74) is 6.47. The first kappa shape index (κ1) is 18.7. The normalized spacial score (nSPS) is 11.3. The van der Waals surface area contributed by atoms with Crippen LogP contribution in [0.4, 0.5) is 0 Å². The average Bonchev–Trinajstić information content (AvgIpc) is 2.43. The Morgan fingerprint density at radius 2 is 2.20 bits per heavy atom. The van der Waals surface area contributed by atoms with Gasteiger partial charge in [-0.25, -0.2) is 0 Å². The number of rotatable bonds is 8. The Bertz CT molecular complexity index is 398. The Labute approximate surface area is 126 Å². The molecule has 1 rings (SSSR count). The zero-order valence-electron chi connectivity index (χ0n) is 11.9. The maximum absolute atomic E-state index is 11.7. The van der Waals surface area contributed by atoms with E-state index in [0.29, 0.717) is 19.7 Å². The van der Waals surface area contributed by atoms with Crippen molar-refractivity contribution in [3.63, 3.8) is 0 Å². The number of halogens is 1. The zero-order chi connectivity index (χ0) is 14.1. The van der Waals surface area contributed by atoms with Crippen molar-refractivity contribution in [3.05, 3.63) is 29.8 Å². The van der Waals surface area contributed by atoms with Crippen LogP contribution in [0.2, 0.25) is 0 Å². The number of methoxy groups -OCH3 is 1. The van der Waals surface area contributed by atoms with Gasteiger partial charge in [0.25, 0.3) is 0 Å². The van der Waals surface area contributed by atoms with Crippen molar-refractivity contribution < 1.29 is 14.3 Å². The first-order chi connectivity index (χ1) is 9.19. The molecule has 0 spiro atoms. The van der Waals surface area contributed by atoms with E-state index in [0.717, 1.165) is 11.3 Å². The molecule has 0 saturated heterocycles. The van der Waals surface area contributed by atoms with Gasteiger partial charge in [-0.05, 0) is 24.6 Å². The van der Waals surface area contributed by atoms with Crippen molar-refractivity contribution in [3.8, 4) is 5.75 Å². The summed E-state index contributed by atoms with van der Waals surface area (Å²) in [6, 6.07) is 7.66. The minimum absolute atomic E-state index is 0. The third-order valence-electron chi connectivity index (χ3n) is 2.71. The molecule has 0 aromatic heterocycles. The lowest BCUT2D eigenvalue weighted by Crippen LogP contribution is -2.31. The number of carbonyl (C=O) groups is 1. The second kappa shape index (κ2) is 10.5. The van der Waals surface area contributed by atoms with Crippen LogP contribution in [0.15, 0.2) is 24.3 Å². The summed E-state index contributed by atoms with van der Waals surface area (Å²) in [5, 5.41) is 2.84. The molecule has 20 heavy (non-hydrogen) atoms. The van der Waals surface area contributed by atoms with E-state index in [4.69, 9.17) is 15.2 Å². The van der Waals surface area contributed by atoms with Crippen LogP contribution >= 0.6 is 12.4 Å². The van der Waals surface area contributed by atoms with Crippen LogP contribution in [0, 0.1) is 0 Å². The molecule has 0 fully saturated rings. The van der Waals surface area contributed by atoms with Crippen molar-refractivity contribution in [1.82, 2.24) is 5.32 Å². The van der Waals surface area contributed by atoms with Crippen molar-refractivity contribution in [2.75, 3.05) is 20.3 Å². The van der Waals surface area contributed by atoms with Gasteiger partial charge in [0.05, 0.1) is 19.1 Å². The van der Waals surface area contributed by atoms with E-state index >= 15 is 0 Å². The Balaban J connectivity index is 0.00000361. The number of hydrogen-bond donors (Lipinski definition) is 2. The highest BCUT2D eigenvalue weighted by Gasteiger charge is 2.10. The first-order valence-electron chi connectivity index (χ1n) is 6.40. The van der Waals surface area contributed by atoms with Crippen LogP contribution in [-0.2, 0) is 16.1 Å². The molecule has 3 N–H and O–H groups in total. The third kappa shape index (κ3) is 6.75. The van der Waals surface area contributed by atoms with Crippen LogP contribution < -0.4 is 15.8 Å². The predicted molar refractivity (Wildman–Crippen MR) is 81.2 cm³/mol. The smallest absolute Gasteiger partial charge is 0.222 e. The number of benzene rings is 1. The highest BCUT2D eigenvalue weighted by molar-refractivity contribution is 5.85. The second-order valence-corrected chi connectivity index (χ2v) is 4.15. The van der Waals surface area contributed by atoms with Crippen LogP contribution in [-0.4, -0.2) is 32.3 Å². The average molecular weight is 303 g/mol. The summed E-state index contributed by atoms with van der Waals surface area (Å²) >= 11 is 0. The van der Waals surface area contributed by atoms with Gasteiger partial charge in [0.15, 0.2) is 0 Å². The molecule has 0 saturated carbocycles. The fourth-order valence-electron chi connectivity index (χ4n) is 1.65. The molecule has 1 amide bonds. The zero-order valence-corrected chi connectivity index (χ0v) is 12.7. The van der Waals surface area contributed by atoms with Crippen LogP contribution in [0.1, 0.15) is 18.9 Å². The summed E-state index contributed by atoms with van der Waals surface area (Å²) in [6.07, 6.45) is 0.0489. The topological polar surface area (TPSA) is 73.6 Å². The Hall–Kier alpha value is -1.30. The fraction of sp³-hybridized carbons (Fsp3) is 0.500. The quantitative estimate of drug-likeness (QED) is 0.763. The molecule has 0 aliphatic rings. The molecule has 1 aromatic carbocycles. The molecular weight excluding hydrogens is 280 g/mol. The molecule has 6 heteroatoms. The molecule has 1 unspecified atom stereocenters. The molecule has 1 aromatic rings. The molecule has 0 aliphatic carbocycles. The van der Waals surface area contributed by atoms with E-state index in [-0.39, 0.29) is 30.8 Å². The number of nitrogens with two attached hydrogens (primary N) is 1. The summed E-state index contributed by atoms with van der Waals surface area (Å²) in [4.78, 5) is 11.7. The molecular formula is C14H23ClN2O3. The highest BCUT2D eigenvalue weighted by atomic mass is 35.5. The van der Waals surface area contributed by atoms with Crippen LogP contribution in [0.5, 0.6) is 5.75 Å². The van der Waals surface area contributed by atoms with E-state index in [1.165, 1.54) is 0 Å².